The third-order valence-electron chi connectivity index (χ3n) is 5.59. The van der Waals surface area contributed by atoms with Gasteiger partial charge in [0.15, 0.2) is 0 Å². The maximum atomic E-state index is 14.9. The summed E-state index contributed by atoms with van der Waals surface area (Å²) in [6, 6.07) is 32.9. The Morgan fingerprint density at radius 2 is 0.852 bits per heavy atom. The van der Waals surface area contributed by atoms with Crippen molar-refractivity contribution in [3.63, 3.8) is 0 Å². The van der Waals surface area contributed by atoms with E-state index in [4.69, 9.17) is 0 Å². The van der Waals surface area contributed by atoms with Crippen LogP contribution in [0, 0.1) is 0 Å². The molecule has 0 atom stereocenters. The van der Waals surface area contributed by atoms with Crippen molar-refractivity contribution >= 4 is 29.3 Å². The average molecular weight is 365 g/mol. The standard InChI is InChI=1S/C24H16NOP/c26-27-23-15-7-3-11-19(23)17-9-1-5-13-21(17)25(27)22-14-6-2-10-18(22)20-12-4-8-16-24(20)27/h1-16H. The number of nitrogens with zero attached hydrogens (tertiary/aromatic N) is 1. The third-order valence-corrected chi connectivity index (χ3v) is 8.67. The first-order valence-corrected chi connectivity index (χ1v) is 10.7. The van der Waals surface area contributed by atoms with E-state index in [1.807, 2.05) is 48.5 Å². The van der Waals surface area contributed by atoms with Gasteiger partial charge in [-0.1, -0.05) is 72.8 Å². The van der Waals surface area contributed by atoms with Crippen LogP contribution in [0.15, 0.2) is 97.1 Å². The molecule has 0 bridgehead atoms. The largest absolute Gasteiger partial charge is 0.289 e. The summed E-state index contributed by atoms with van der Waals surface area (Å²) in [5.41, 5.74) is 6.44. The van der Waals surface area contributed by atoms with Crippen LogP contribution in [0.2, 0.25) is 0 Å². The lowest BCUT2D eigenvalue weighted by atomic mass is 10.00. The van der Waals surface area contributed by atoms with Crippen molar-refractivity contribution in [2.45, 2.75) is 0 Å². The van der Waals surface area contributed by atoms with E-state index in [2.05, 4.69) is 53.2 Å². The number of para-hydroxylation sites is 2. The van der Waals surface area contributed by atoms with E-state index in [1.165, 1.54) is 0 Å². The maximum absolute atomic E-state index is 14.9. The third kappa shape index (κ3) is 1.79. The first-order valence-electron chi connectivity index (χ1n) is 9.09. The number of hydrogen-bond donors (Lipinski definition) is 0. The number of benzene rings is 4. The molecule has 6 rings (SSSR count). The lowest BCUT2D eigenvalue weighted by molar-refractivity contribution is 0.586. The van der Waals surface area contributed by atoms with Gasteiger partial charge in [0, 0.05) is 21.7 Å². The molecule has 0 saturated heterocycles. The minimum absolute atomic E-state index is 0.922. The molecule has 0 saturated carbocycles. The van der Waals surface area contributed by atoms with Crippen molar-refractivity contribution in [1.82, 2.24) is 0 Å². The van der Waals surface area contributed by atoms with Gasteiger partial charge in [-0.3, -0.25) is 9.24 Å². The molecule has 0 spiro atoms. The highest BCUT2D eigenvalue weighted by molar-refractivity contribution is 7.81. The summed E-state index contributed by atoms with van der Waals surface area (Å²) in [6.07, 6.45) is 0. The molecule has 2 aliphatic rings. The molecule has 0 radical (unpaired) electrons. The lowest BCUT2D eigenvalue weighted by Gasteiger charge is -2.44. The van der Waals surface area contributed by atoms with Gasteiger partial charge in [0.2, 0.25) is 7.29 Å². The lowest BCUT2D eigenvalue weighted by Crippen LogP contribution is -2.37. The molecule has 4 aromatic rings. The van der Waals surface area contributed by atoms with Crippen molar-refractivity contribution in [3.05, 3.63) is 97.1 Å². The monoisotopic (exact) mass is 365 g/mol. The molecule has 2 aliphatic heterocycles. The molecule has 0 aliphatic carbocycles. The zero-order valence-corrected chi connectivity index (χ0v) is 15.4. The van der Waals surface area contributed by atoms with Crippen molar-refractivity contribution in [1.29, 1.82) is 0 Å². The van der Waals surface area contributed by atoms with Gasteiger partial charge in [-0.15, -0.1) is 0 Å². The Labute approximate surface area is 158 Å². The molecule has 128 valence electrons. The van der Waals surface area contributed by atoms with Crippen LogP contribution in [0.25, 0.3) is 22.3 Å². The van der Waals surface area contributed by atoms with E-state index in [0.717, 1.165) is 44.2 Å². The van der Waals surface area contributed by atoms with Gasteiger partial charge in [0.05, 0.1) is 11.4 Å². The molecule has 2 heterocycles. The molecular formula is C24H16NOP. The van der Waals surface area contributed by atoms with E-state index >= 15 is 0 Å². The Morgan fingerprint density at radius 1 is 0.481 bits per heavy atom. The summed E-state index contributed by atoms with van der Waals surface area (Å²) in [6.45, 7) is 0. The summed E-state index contributed by atoms with van der Waals surface area (Å²) in [5.74, 6) is 0. The Hall–Kier alpha value is -3.09. The van der Waals surface area contributed by atoms with Crippen LogP contribution in [-0.4, -0.2) is 0 Å². The van der Waals surface area contributed by atoms with Crippen molar-refractivity contribution in [2.75, 3.05) is 4.67 Å². The first kappa shape index (κ1) is 15.0. The van der Waals surface area contributed by atoms with Crippen LogP contribution in [-0.2, 0) is 4.57 Å². The quantitative estimate of drug-likeness (QED) is 0.372. The van der Waals surface area contributed by atoms with Crippen LogP contribution in [0.3, 0.4) is 0 Å². The zero-order valence-electron chi connectivity index (χ0n) is 14.5. The van der Waals surface area contributed by atoms with Crippen LogP contribution < -0.4 is 15.3 Å². The molecular weight excluding hydrogens is 349 g/mol. The highest BCUT2D eigenvalue weighted by Crippen LogP contribution is 2.65. The molecule has 3 heteroatoms. The predicted octanol–water partition coefficient (Wildman–Crippen LogP) is 5.71. The minimum atomic E-state index is -3.03. The van der Waals surface area contributed by atoms with Crippen LogP contribution in [0.1, 0.15) is 0 Å². The van der Waals surface area contributed by atoms with Crippen molar-refractivity contribution < 1.29 is 4.57 Å². The maximum Gasteiger partial charge on any atom is 0.235 e. The zero-order chi connectivity index (χ0) is 18.0. The van der Waals surface area contributed by atoms with E-state index in [0.29, 0.717) is 0 Å². The fourth-order valence-electron chi connectivity index (χ4n) is 4.48. The van der Waals surface area contributed by atoms with Gasteiger partial charge in [-0.25, -0.2) is 0 Å². The minimum Gasteiger partial charge on any atom is -0.289 e. The highest BCUT2D eigenvalue weighted by Gasteiger charge is 2.47. The molecule has 27 heavy (non-hydrogen) atoms. The number of fused-ring (bicyclic) bond motifs is 11. The second kappa shape index (κ2) is 5.22. The normalized spacial score (nSPS) is 15.0. The van der Waals surface area contributed by atoms with Crippen molar-refractivity contribution in [3.8, 4) is 22.3 Å². The number of anilines is 2. The Morgan fingerprint density at radius 3 is 1.33 bits per heavy atom. The summed E-state index contributed by atoms with van der Waals surface area (Å²) in [5, 5.41) is 1.84. The van der Waals surface area contributed by atoms with E-state index in [1.54, 1.807) is 0 Å². The first-order chi connectivity index (χ1) is 13.3. The molecule has 0 fully saturated rings. The number of rotatable bonds is 0. The van der Waals surface area contributed by atoms with Gasteiger partial charge < -0.3 is 0 Å². The SMILES string of the molecule is O=P12c3ccccc3-c3ccccc3N1c1ccccc1-c1ccccc12. The fraction of sp³-hybridized carbons (Fsp3) is 0. The summed E-state index contributed by atoms with van der Waals surface area (Å²) >= 11 is 0. The van der Waals surface area contributed by atoms with Gasteiger partial charge in [0.25, 0.3) is 0 Å². The topological polar surface area (TPSA) is 20.3 Å². The second-order valence-corrected chi connectivity index (χ2v) is 9.47. The Balaban J connectivity index is 1.84. The molecule has 2 nitrogen and oxygen atoms in total. The average Bonchev–Trinajstić information content (AvgIpc) is 2.74. The van der Waals surface area contributed by atoms with Crippen LogP contribution in [0.4, 0.5) is 11.4 Å². The fourth-order valence-corrected chi connectivity index (χ4v) is 7.75. The molecule has 0 N–H and O–H groups in total. The highest BCUT2D eigenvalue weighted by atomic mass is 31.2. The van der Waals surface area contributed by atoms with E-state index in [9.17, 15) is 4.57 Å². The van der Waals surface area contributed by atoms with Gasteiger partial charge in [-0.2, -0.15) is 0 Å². The molecule has 0 unspecified atom stereocenters. The van der Waals surface area contributed by atoms with Crippen molar-refractivity contribution in [2.24, 2.45) is 0 Å². The molecule has 4 aromatic carbocycles. The van der Waals surface area contributed by atoms with Gasteiger partial charge in [0.1, 0.15) is 0 Å². The smallest absolute Gasteiger partial charge is 0.235 e. The Bertz CT molecular complexity index is 1180. The molecule has 0 amide bonds. The van der Waals surface area contributed by atoms with Gasteiger partial charge >= 0.3 is 0 Å². The summed E-state index contributed by atoms with van der Waals surface area (Å²) in [7, 11) is -3.03. The second-order valence-electron chi connectivity index (χ2n) is 6.96. The predicted molar refractivity (Wildman–Crippen MR) is 113 cm³/mol. The van der Waals surface area contributed by atoms with Crippen LogP contribution >= 0.6 is 7.29 Å². The Kier molecular flexibility index (Phi) is 2.90. The van der Waals surface area contributed by atoms with E-state index in [-0.39, 0.29) is 0 Å². The van der Waals surface area contributed by atoms with Crippen LogP contribution in [0.5, 0.6) is 0 Å². The van der Waals surface area contributed by atoms with E-state index < -0.39 is 7.29 Å². The molecule has 0 aromatic heterocycles. The summed E-state index contributed by atoms with van der Waals surface area (Å²) < 4.78 is 17.0. The number of hydrogen-bond acceptors (Lipinski definition) is 1. The van der Waals surface area contributed by atoms with Gasteiger partial charge in [-0.05, 0) is 35.4 Å². The summed E-state index contributed by atoms with van der Waals surface area (Å²) in [4.78, 5) is 0.